The molecule has 0 spiro atoms. The van der Waals surface area contributed by atoms with Crippen molar-refractivity contribution in [2.24, 2.45) is 0 Å². The molecular formula is C14H10F3N3O3. The van der Waals surface area contributed by atoms with Gasteiger partial charge < -0.3 is 14.7 Å². The lowest BCUT2D eigenvalue weighted by Crippen LogP contribution is -2.54. The number of aromatic carboxylic acids is 1. The molecule has 23 heavy (non-hydrogen) atoms. The summed E-state index contributed by atoms with van der Waals surface area (Å²) in [6.45, 7) is 0.527. The molecule has 0 aliphatic carbocycles. The summed E-state index contributed by atoms with van der Waals surface area (Å²) in [5.74, 6) is -5.38. The van der Waals surface area contributed by atoms with E-state index in [4.69, 9.17) is 9.84 Å². The summed E-state index contributed by atoms with van der Waals surface area (Å²) in [5.41, 5.74) is -0.190. The number of nitrogens with zero attached hydrogens (tertiary/aromatic N) is 3. The molecule has 1 saturated heterocycles. The highest BCUT2D eigenvalue weighted by molar-refractivity contribution is 5.91. The minimum Gasteiger partial charge on any atom is -0.487 e. The van der Waals surface area contributed by atoms with E-state index in [1.54, 1.807) is 4.90 Å². The van der Waals surface area contributed by atoms with Crippen molar-refractivity contribution in [3.63, 3.8) is 0 Å². The van der Waals surface area contributed by atoms with Crippen LogP contribution in [0.5, 0.6) is 5.75 Å². The van der Waals surface area contributed by atoms with Crippen LogP contribution in [0.2, 0.25) is 0 Å². The summed E-state index contributed by atoms with van der Waals surface area (Å²) in [7, 11) is 0. The molecule has 0 amide bonds. The number of rotatable bonds is 4. The Morgan fingerprint density at radius 2 is 1.78 bits per heavy atom. The Kier molecular flexibility index (Phi) is 3.77. The third-order valence-electron chi connectivity index (χ3n) is 3.29. The molecule has 1 N–H and O–H groups in total. The average Bonchev–Trinajstić information content (AvgIpc) is 2.48. The van der Waals surface area contributed by atoms with Gasteiger partial charge in [-0.2, -0.15) is 0 Å². The number of hydrogen-bond donors (Lipinski definition) is 1. The maximum Gasteiger partial charge on any atom is 0.358 e. The molecule has 1 aliphatic heterocycles. The highest BCUT2D eigenvalue weighted by atomic mass is 19.2. The highest BCUT2D eigenvalue weighted by Gasteiger charge is 2.33. The van der Waals surface area contributed by atoms with Gasteiger partial charge in [-0.3, -0.25) is 0 Å². The van der Waals surface area contributed by atoms with Gasteiger partial charge in [0.15, 0.2) is 29.0 Å². The maximum atomic E-state index is 13.1. The van der Waals surface area contributed by atoms with Crippen molar-refractivity contribution in [2.45, 2.75) is 6.10 Å². The lowest BCUT2D eigenvalue weighted by atomic mass is 10.1. The number of benzene rings is 1. The van der Waals surface area contributed by atoms with Gasteiger partial charge in [0.1, 0.15) is 11.9 Å². The molecule has 1 aromatic carbocycles. The molecule has 9 heteroatoms. The van der Waals surface area contributed by atoms with Crippen molar-refractivity contribution in [2.75, 3.05) is 18.0 Å². The molecule has 2 heterocycles. The van der Waals surface area contributed by atoms with E-state index in [1.165, 1.54) is 12.4 Å². The van der Waals surface area contributed by atoms with Gasteiger partial charge in [0.25, 0.3) is 0 Å². The van der Waals surface area contributed by atoms with Gasteiger partial charge in [0, 0.05) is 24.5 Å². The Balaban J connectivity index is 1.67. The van der Waals surface area contributed by atoms with Gasteiger partial charge in [-0.05, 0) is 0 Å². The number of carboxylic acid groups (broad SMARTS) is 1. The van der Waals surface area contributed by atoms with E-state index >= 15 is 0 Å². The van der Waals surface area contributed by atoms with E-state index < -0.39 is 29.5 Å². The van der Waals surface area contributed by atoms with Crippen LogP contribution >= 0.6 is 0 Å². The van der Waals surface area contributed by atoms with Crippen LogP contribution in [0, 0.1) is 17.5 Å². The standard InChI is InChI=1S/C14H10F3N3O3/c15-9-3-7(4-10(16)11(9)17)23-8-5-20(6-8)13-12(14(21)22)18-1-2-19-13/h1-4,8H,5-6H2,(H,21,22). The molecule has 1 aliphatic rings. The van der Waals surface area contributed by atoms with Crippen LogP contribution in [0.1, 0.15) is 10.5 Å². The minimum atomic E-state index is -1.56. The van der Waals surface area contributed by atoms with Gasteiger partial charge in [-0.25, -0.2) is 27.9 Å². The van der Waals surface area contributed by atoms with Crippen LogP contribution in [0.4, 0.5) is 19.0 Å². The maximum absolute atomic E-state index is 13.1. The average molecular weight is 325 g/mol. The molecule has 120 valence electrons. The lowest BCUT2D eigenvalue weighted by molar-refractivity contribution is 0.0689. The monoisotopic (exact) mass is 325 g/mol. The normalized spacial score (nSPS) is 14.5. The SMILES string of the molecule is O=C(O)c1nccnc1N1CC(Oc2cc(F)c(F)c(F)c2)C1. The van der Waals surface area contributed by atoms with Crippen LogP contribution in [-0.4, -0.2) is 40.2 Å². The van der Waals surface area contributed by atoms with Crippen LogP contribution in [0.3, 0.4) is 0 Å². The van der Waals surface area contributed by atoms with Crippen LogP contribution in [-0.2, 0) is 0 Å². The van der Waals surface area contributed by atoms with Gasteiger partial charge in [-0.1, -0.05) is 0 Å². The number of anilines is 1. The van der Waals surface area contributed by atoms with Crippen molar-refractivity contribution < 1.29 is 27.8 Å². The molecule has 6 nitrogen and oxygen atoms in total. The molecule has 0 atom stereocenters. The lowest BCUT2D eigenvalue weighted by Gasteiger charge is -2.39. The Labute approximate surface area is 128 Å². The number of hydrogen-bond acceptors (Lipinski definition) is 5. The third kappa shape index (κ3) is 2.89. The first-order valence-electron chi connectivity index (χ1n) is 6.56. The fraction of sp³-hybridized carbons (Fsp3) is 0.214. The Morgan fingerprint density at radius 3 is 2.39 bits per heavy atom. The quantitative estimate of drug-likeness (QED) is 0.865. The number of aromatic nitrogens is 2. The zero-order valence-electron chi connectivity index (χ0n) is 11.5. The number of ether oxygens (including phenoxy) is 1. The van der Waals surface area contributed by atoms with Crippen LogP contribution in [0.25, 0.3) is 0 Å². The molecule has 1 fully saturated rings. The molecule has 2 aromatic rings. The molecule has 0 unspecified atom stereocenters. The summed E-state index contributed by atoms with van der Waals surface area (Å²) < 4.78 is 44.4. The zero-order valence-corrected chi connectivity index (χ0v) is 11.5. The second-order valence-electron chi connectivity index (χ2n) is 4.88. The zero-order chi connectivity index (χ0) is 16.6. The van der Waals surface area contributed by atoms with E-state index in [1.807, 2.05) is 0 Å². The summed E-state index contributed by atoms with van der Waals surface area (Å²) >= 11 is 0. The summed E-state index contributed by atoms with van der Waals surface area (Å²) in [6, 6.07) is 1.51. The Bertz CT molecular complexity index is 743. The number of halogens is 3. The predicted octanol–water partition coefficient (Wildman–Crippen LogP) is 1.86. The molecule has 3 rings (SSSR count). The first-order valence-corrected chi connectivity index (χ1v) is 6.56. The number of carboxylic acids is 1. The smallest absolute Gasteiger partial charge is 0.358 e. The summed E-state index contributed by atoms with van der Waals surface area (Å²) in [4.78, 5) is 20.4. The predicted molar refractivity (Wildman–Crippen MR) is 71.9 cm³/mol. The second kappa shape index (κ2) is 5.75. The Morgan fingerprint density at radius 1 is 1.17 bits per heavy atom. The van der Waals surface area contributed by atoms with Crippen LogP contribution in [0.15, 0.2) is 24.5 Å². The van der Waals surface area contributed by atoms with Gasteiger partial charge in [-0.15, -0.1) is 0 Å². The largest absolute Gasteiger partial charge is 0.487 e. The van der Waals surface area contributed by atoms with Gasteiger partial charge >= 0.3 is 5.97 Å². The van der Waals surface area contributed by atoms with Crippen molar-refractivity contribution in [3.05, 3.63) is 47.7 Å². The molecule has 0 bridgehead atoms. The minimum absolute atomic E-state index is 0.136. The topological polar surface area (TPSA) is 75.5 Å². The molecular weight excluding hydrogens is 315 g/mol. The first kappa shape index (κ1) is 15.1. The van der Waals surface area contributed by atoms with Gasteiger partial charge in [0.05, 0.1) is 13.1 Å². The summed E-state index contributed by atoms with van der Waals surface area (Å²) in [6.07, 6.45) is 2.20. The van der Waals surface area contributed by atoms with Crippen molar-refractivity contribution in [1.82, 2.24) is 9.97 Å². The number of carbonyl (C=O) groups is 1. The highest BCUT2D eigenvalue weighted by Crippen LogP contribution is 2.26. The van der Waals surface area contributed by atoms with Gasteiger partial charge in [0.2, 0.25) is 0 Å². The van der Waals surface area contributed by atoms with Crippen molar-refractivity contribution in [3.8, 4) is 5.75 Å². The van der Waals surface area contributed by atoms with E-state index in [0.29, 0.717) is 0 Å². The first-order chi connectivity index (χ1) is 11.0. The van der Waals surface area contributed by atoms with E-state index in [9.17, 15) is 18.0 Å². The van der Waals surface area contributed by atoms with E-state index in [2.05, 4.69) is 9.97 Å². The fourth-order valence-electron chi connectivity index (χ4n) is 2.19. The molecule has 0 saturated carbocycles. The second-order valence-corrected chi connectivity index (χ2v) is 4.88. The summed E-state index contributed by atoms with van der Waals surface area (Å²) in [5, 5.41) is 9.04. The van der Waals surface area contributed by atoms with E-state index in [-0.39, 0.29) is 30.4 Å². The molecule has 0 radical (unpaired) electrons. The Hall–Kier alpha value is -2.84. The third-order valence-corrected chi connectivity index (χ3v) is 3.29. The van der Waals surface area contributed by atoms with Crippen molar-refractivity contribution in [1.29, 1.82) is 0 Å². The molecule has 1 aromatic heterocycles. The van der Waals surface area contributed by atoms with E-state index in [0.717, 1.165) is 12.1 Å². The fourth-order valence-corrected chi connectivity index (χ4v) is 2.19. The van der Waals surface area contributed by atoms with Crippen molar-refractivity contribution >= 4 is 11.8 Å². The van der Waals surface area contributed by atoms with Crippen LogP contribution < -0.4 is 9.64 Å².